The van der Waals surface area contributed by atoms with Crippen LogP contribution in [0, 0.1) is 17.0 Å². The molecule has 0 radical (unpaired) electrons. The minimum atomic E-state index is -1.11. The van der Waals surface area contributed by atoms with Gasteiger partial charge in [0.05, 0.1) is 16.5 Å². The van der Waals surface area contributed by atoms with E-state index in [1.54, 1.807) is 31.2 Å². The van der Waals surface area contributed by atoms with Gasteiger partial charge in [-0.1, -0.05) is 23.4 Å². The van der Waals surface area contributed by atoms with Crippen molar-refractivity contribution in [2.75, 3.05) is 4.90 Å². The first-order chi connectivity index (χ1) is 15.8. The summed E-state index contributed by atoms with van der Waals surface area (Å²) in [5.74, 6) is -1.87. The van der Waals surface area contributed by atoms with E-state index in [0.29, 0.717) is 22.3 Å². The molecule has 164 valence electrons. The first kappa shape index (κ1) is 20.2. The van der Waals surface area contributed by atoms with E-state index in [1.807, 2.05) is 0 Å². The van der Waals surface area contributed by atoms with Crippen molar-refractivity contribution < 1.29 is 28.6 Å². The number of nitro benzene ring substituents is 1. The van der Waals surface area contributed by atoms with Gasteiger partial charge < -0.3 is 14.0 Å². The molecule has 2 aromatic carbocycles. The van der Waals surface area contributed by atoms with Gasteiger partial charge in [-0.05, 0) is 36.8 Å². The number of anilines is 1. The lowest BCUT2D eigenvalue weighted by Gasteiger charge is -2.24. The van der Waals surface area contributed by atoms with E-state index in [1.165, 1.54) is 36.4 Å². The van der Waals surface area contributed by atoms with Gasteiger partial charge in [0.2, 0.25) is 5.78 Å². The lowest BCUT2D eigenvalue weighted by Crippen LogP contribution is -2.31. The zero-order chi connectivity index (χ0) is 23.3. The van der Waals surface area contributed by atoms with Gasteiger partial charge in [-0.2, -0.15) is 0 Å². The van der Waals surface area contributed by atoms with Crippen molar-refractivity contribution in [1.82, 2.24) is 5.16 Å². The Morgan fingerprint density at radius 2 is 1.88 bits per heavy atom. The van der Waals surface area contributed by atoms with E-state index in [0.717, 1.165) is 4.90 Å². The fourth-order valence-electron chi connectivity index (χ4n) is 3.86. The molecular formula is C23H15N3O7. The summed E-state index contributed by atoms with van der Waals surface area (Å²) in [4.78, 5) is 38.1. The number of aromatic nitrogens is 1. The van der Waals surface area contributed by atoms with Gasteiger partial charge in [-0.3, -0.25) is 24.6 Å². The van der Waals surface area contributed by atoms with Crippen molar-refractivity contribution in [2.24, 2.45) is 0 Å². The number of furan rings is 1. The normalized spacial score (nSPS) is 16.1. The smallest absolute Gasteiger partial charge is 0.295 e. The molecule has 3 heterocycles. The van der Waals surface area contributed by atoms with Crippen LogP contribution in [0.1, 0.15) is 27.9 Å². The molecule has 0 spiro atoms. The molecule has 0 aliphatic carbocycles. The molecule has 1 atom stereocenters. The maximum Gasteiger partial charge on any atom is 0.295 e. The van der Waals surface area contributed by atoms with Crippen LogP contribution in [0.3, 0.4) is 0 Å². The van der Waals surface area contributed by atoms with Crippen molar-refractivity contribution in [3.8, 4) is 0 Å². The van der Waals surface area contributed by atoms with Crippen LogP contribution in [0.5, 0.6) is 0 Å². The number of aliphatic hydroxyl groups is 1. The summed E-state index contributed by atoms with van der Waals surface area (Å²) in [6, 6.07) is 14.2. The summed E-state index contributed by atoms with van der Waals surface area (Å²) in [7, 11) is 0. The quantitative estimate of drug-likeness (QED) is 0.270. The third-order valence-corrected chi connectivity index (χ3v) is 5.38. The van der Waals surface area contributed by atoms with E-state index >= 15 is 0 Å². The molecule has 0 saturated carbocycles. The average Bonchev–Trinajstić information content (AvgIpc) is 3.50. The number of ketones is 1. The van der Waals surface area contributed by atoms with Crippen molar-refractivity contribution >= 4 is 34.2 Å². The number of rotatable bonds is 5. The highest BCUT2D eigenvalue weighted by molar-refractivity contribution is 6.20. The predicted octanol–water partition coefficient (Wildman–Crippen LogP) is 4.42. The number of non-ortho nitro benzene ring substituents is 1. The highest BCUT2D eigenvalue weighted by Crippen LogP contribution is 2.42. The van der Waals surface area contributed by atoms with Crippen LogP contribution in [-0.4, -0.2) is 26.9 Å². The largest absolute Gasteiger partial charge is 0.503 e. The number of nitrogens with zero attached hydrogens (tertiary/aromatic N) is 3. The molecule has 5 rings (SSSR count). The molecule has 10 heteroatoms. The summed E-state index contributed by atoms with van der Waals surface area (Å²) in [6.07, 6.45) is 0. The monoisotopic (exact) mass is 445 g/mol. The highest BCUT2D eigenvalue weighted by Gasteiger charge is 2.46. The number of hydrogen-bond acceptors (Lipinski definition) is 8. The van der Waals surface area contributed by atoms with Gasteiger partial charge in [-0.25, -0.2) is 0 Å². The Morgan fingerprint density at radius 3 is 2.52 bits per heavy atom. The summed E-state index contributed by atoms with van der Waals surface area (Å²) in [6.45, 7) is 1.63. The number of aliphatic hydroxyl groups excluding tert-OH is 1. The standard InChI is InChI=1S/C23H15N3O7/c1-12-10-18(24-33-12)25-20(13-6-8-15(9-7-13)26(30)31)19(22(28)23(25)29)21(27)17-11-14-4-2-3-5-16(14)32-17/h2-11,20,28H,1H3/t20-/m1/s1. The topological polar surface area (TPSA) is 140 Å². The molecule has 4 aromatic rings. The summed E-state index contributed by atoms with van der Waals surface area (Å²) >= 11 is 0. The zero-order valence-electron chi connectivity index (χ0n) is 17.1. The number of hydrogen-bond donors (Lipinski definition) is 1. The Bertz CT molecular complexity index is 1430. The Morgan fingerprint density at radius 1 is 1.15 bits per heavy atom. The van der Waals surface area contributed by atoms with Crippen LogP contribution in [0.25, 0.3) is 11.0 Å². The van der Waals surface area contributed by atoms with Gasteiger partial charge in [0.1, 0.15) is 11.3 Å². The maximum absolute atomic E-state index is 13.5. The summed E-state index contributed by atoms with van der Waals surface area (Å²) < 4.78 is 10.7. The SMILES string of the molecule is Cc1cc(N2C(=O)C(O)=C(C(=O)c3cc4ccccc4o3)[C@H]2c2ccc([N+](=O)[O-])cc2)no1. The second kappa shape index (κ2) is 7.45. The summed E-state index contributed by atoms with van der Waals surface area (Å²) in [5.41, 5.74) is 0.443. The van der Waals surface area contributed by atoms with E-state index in [4.69, 9.17) is 8.94 Å². The number of Topliss-reactive ketones (excluding diaryl/α,β-unsaturated/α-hetero) is 1. The van der Waals surface area contributed by atoms with Crippen molar-refractivity contribution in [2.45, 2.75) is 13.0 Å². The number of carbonyl (C=O) groups excluding carboxylic acids is 2. The molecule has 0 fully saturated rings. The molecule has 2 aromatic heterocycles. The Hall–Kier alpha value is -4.73. The minimum Gasteiger partial charge on any atom is -0.503 e. The van der Waals surface area contributed by atoms with Gasteiger partial charge in [0.15, 0.2) is 17.3 Å². The molecule has 0 unspecified atom stereocenters. The molecule has 1 amide bonds. The Balaban J connectivity index is 1.65. The second-order valence-corrected chi connectivity index (χ2v) is 7.46. The maximum atomic E-state index is 13.5. The fourth-order valence-corrected chi connectivity index (χ4v) is 3.86. The molecular weight excluding hydrogens is 430 g/mol. The number of fused-ring (bicyclic) bond motifs is 1. The number of nitro groups is 1. The van der Waals surface area contributed by atoms with Gasteiger partial charge in [0, 0.05) is 23.6 Å². The Labute approximate surface area is 185 Å². The van der Waals surface area contributed by atoms with Crippen LogP contribution in [0.2, 0.25) is 0 Å². The first-order valence-electron chi connectivity index (χ1n) is 9.83. The highest BCUT2D eigenvalue weighted by atomic mass is 16.6. The number of aryl methyl sites for hydroxylation is 1. The molecule has 0 bridgehead atoms. The van der Waals surface area contributed by atoms with Crippen LogP contribution in [0.15, 0.2) is 80.9 Å². The number of carbonyl (C=O) groups is 2. The van der Waals surface area contributed by atoms with Gasteiger partial charge in [-0.15, -0.1) is 0 Å². The molecule has 10 nitrogen and oxygen atoms in total. The zero-order valence-corrected chi connectivity index (χ0v) is 17.1. The van der Waals surface area contributed by atoms with Crippen LogP contribution >= 0.6 is 0 Å². The van der Waals surface area contributed by atoms with Crippen LogP contribution < -0.4 is 4.90 Å². The van der Waals surface area contributed by atoms with Gasteiger partial charge >= 0.3 is 0 Å². The molecule has 1 N–H and O–H groups in total. The molecule has 0 saturated heterocycles. The second-order valence-electron chi connectivity index (χ2n) is 7.46. The van der Waals surface area contributed by atoms with E-state index in [2.05, 4.69) is 5.16 Å². The van der Waals surface area contributed by atoms with E-state index in [9.17, 15) is 24.8 Å². The Kier molecular flexibility index (Phi) is 4.56. The number of para-hydroxylation sites is 1. The fraction of sp³-hybridized carbons (Fsp3) is 0.0870. The van der Waals surface area contributed by atoms with Crippen molar-refractivity contribution in [1.29, 1.82) is 0 Å². The molecule has 1 aliphatic heterocycles. The third kappa shape index (κ3) is 3.24. The van der Waals surface area contributed by atoms with Crippen LogP contribution in [0.4, 0.5) is 11.5 Å². The van der Waals surface area contributed by atoms with E-state index < -0.39 is 28.4 Å². The predicted molar refractivity (Wildman–Crippen MR) is 115 cm³/mol. The minimum absolute atomic E-state index is 0.0596. The molecule has 1 aliphatic rings. The third-order valence-electron chi connectivity index (χ3n) is 5.38. The number of benzene rings is 2. The van der Waals surface area contributed by atoms with Crippen molar-refractivity contribution in [3.05, 3.63) is 99.2 Å². The first-order valence-corrected chi connectivity index (χ1v) is 9.83. The number of amides is 1. The van der Waals surface area contributed by atoms with E-state index in [-0.39, 0.29) is 22.8 Å². The average molecular weight is 445 g/mol. The van der Waals surface area contributed by atoms with Crippen molar-refractivity contribution in [3.63, 3.8) is 0 Å². The lowest BCUT2D eigenvalue weighted by molar-refractivity contribution is -0.384. The molecule has 33 heavy (non-hydrogen) atoms. The lowest BCUT2D eigenvalue weighted by atomic mass is 9.95. The van der Waals surface area contributed by atoms with Crippen LogP contribution in [-0.2, 0) is 4.79 Å². The summed E-state index contributed by atoms with van der Waals surface area (Å²) in [5, 5.41) is 26.3. The van der Waals surface area contributed by atoms with Gasteiger partial charge in [0.25, 0.3) is 11.6 Å².